The van der Waals surface area contributed by atoms with Crippen molar-refractivity contribution in [3.05, 3.63) is 281 Å². The van der Waals surface area contributed by atoms with Gasteiger partial charge in [-0.3, -0.25) is 9.59 Å². The first kappa shape index (κ1) is 52.9. The zero-order valence-electron chi connectivity index (χ0n) is 43.3. The second kappa shape index (κ2) is 25.5. The van der Waals surface area contributed by atoms with Crippen LogP contribution in [0.3, 0.4) is 0 Å². The zero-order chi connectivity index (χ0) is 54.1. The van der Waals surface area contributed by atoms with E-state index < -0.39 is 0 Å². The molecule has 0 amide bonds. The van der Waals surface area contributed by atoms with E-state index in [2.05, 4.69) is 94.7 Å². The summed E-state index contributed by atoms with van der Waals surface area (Å²) in [6, 6.07) is 84.4. The molecule has 0 N–H and O–H groups in total. The van der Waals surface area contributed by atoms with Crippen LogP contribution in [0.5, 0.6) is 0 Å². The average molecular weight is 999 g/mol. The number of hydrogen-bond acceptors (Lipinski definition) is 8. The van der Waals surface area contributed by atoms with Gasteiger partial charge >= 0.3 is 0 Å². The number of ketones is 1. The van der Waals surface area contributed by atoms with E-state index in [4.69, 9.17) is 10.2 Å². The number of benzene rings is 9. The summed E-state index contributed by atoms with van der Waals surface area (Å²) >= 11 is 0. The first-order valence-corrected chi connectivity index (χ1v) is 25.1. The Kier molecular flexibility index (Phi) is 17.5. The molecule has 0 spiro atoms. The highest BCUT2D eigenvalue weighted by Crippen LogP contribution is 2.44. The number of hydrogen-bond donors (Lipinski definition) is 0. The fraction of sp³-hybridized carbons (Fsp3) is 0.0725. The van der Waals surface area contributed by atoms with Gasteiger partial charge < -0.3 is 9.80 Å². The number of carbonyl (C=O) groups is 2. The number of nitrogens with zero attached hydrogens (tertiary/aromatic N) is 6. The van der Waals surface area contributed by atoms with Gasteiger partial charge in [0.2, 0.25) is 0 Å². The summed E-state index contributed by atoms with van der Waals surface area (Å²) in [7, 11) is 0. The van der Waals surface area contributed by atoms with Gasteiger partial charge in [-0.15, -0.1) is 0 Å². The van der Waals surface area contributed by atoms with Gasteiger partial charge in [0.1, 0.15) is 12.1 Å². The minimum atomic E-state index is -0.117. The molecule has 0 saturated carbocycles. The van der Waals surface area contributed by atoms with Gasteiger partial charge in [0.15, 0.2) is 12.1 Å². The molecule has 0 radical (unpaired) electrons. The highest BCUT2D eigenvalue weighted by atomic mass is 16.1. The summed E-state index contributed by atoms with van der Waals surface area (Å²) < 4.78 is 0. The predicted octanol–water partition coefficient (Wildman–Crippen LogP) is 17.3. The van der Waals surface area contributed by atoms with Crippen LogP contribution in [0, 0.1) is 61.7 Å². The molecule has 10 rings (SSSR count). The Balaban J connectivity index is 0.000000191. The van der Waals surface area contributed by atoms with Crippen LogP contribution in [-0.2, 0) is 0 Å². The number of anilines is 6. The number of rotatable bonds is 12. The number of nitriles is 3. The van der Waals surface area contributed by atoms with Crippen molar-refractivity contribution in [3.63, 3.8) is 0 Å². The van der Waals surface area contributed by atoms with E-state index in [1.807, 2.05) is 173 Å². The minimum Gasteiger partial charge on any atom is -0.310 e. The molecule has 9 aromatic carbocycles. The topological polar surface area (TPSA) is 125 Å². The Morgan fingerprint density at radius 1 is 0.429 bits per heavy atom. The molecule has 1 heterocycles. The van der Waals surface area contributed by atoms with E-state index in [-0.39, 0.29) is 12.2 Å². The maximum absolute atomic E-state index is 11.3. The first-order chi connectivity index (χ1) is 37.6. The Morgan fingerprint density at radius 3 is 1.05 bits per heavy atom. The maximum atomic E-state index is 11.3. The van der Waals surface area contributed by atoms with Crippen molar-refractivity contribution in [2.75, 3.05) is 9.80 Å². The average Bonchev–Trinajstić information content (AvgIpc) is 3.47. The number of aromatic nitrogens is 1. The Bertz CT molecular complexity index is 3560. The molecule has 10 aromatic rings. The molecule has 0 aliphatic rings. The van der Waals surface area contributed by atoms with Crippen LogP contribution in [0.1, 0.15) is 60.5 Å². The van der Waals surface area contributed by atoms with Crippen molar-refractivity contribution < 1.29 is 9.59 Å². The SMILES string of the molecule is Cc1cc(N(c2ccccc2)c2ccccc2)cc(C)c1-c1c(C#N)c(-c2ccccc2)nc(-c2ccccc2)c1C#N.Cc1cc(N(c2ccccc2)c2ccccc2)cc(C)c1C=O.N#CCC(=O)c1ccccc1. The third-order valence-corrected chi connectivity index (χ3v) is 12.9. The lowest BCUT2D eigenvalue weighted by Crippen LogP contribution is -2.11. The molecule has 372 valence electrons. The van der Waals surface area contributed by atoms with Gasteiger partial charge in [0.05, 0.1) is 35.0 Å². The van der Waals surface area contributed by atoms with E-state index >= 15 is 0 Å². The fourth-order valence-corrected chi connectivity index (χ4v) is 9.39. The summed E-state index contributed by atoms with van der Waals surface area (Å²) in [4.78, 5) is 31.7. The highest BCUT2D eigenvalue weighted by Gasteiger charge is 2.26. The first-order valence-electron chi connectivity index (χ1n) is 25.1. The third-order valence-electron chi connectivity index (χ3n) is 12.9. The van der Waals surface area contributed by atoms with Gasteiger partial charge in [-0.25, -0.2) is 4.98 Å². The largest absolute Gasteiger partial charge is 0.310 e. The van der Waals surface area contributed by atoms with Crippen molar-refractivity contribution >= 4 is 46.2 Å². The molecule has 1 aromatic heterocycles. The van der Waals surface area contributed by atoms with Crippen molar-refractivity contribution in [1.82, 2.24) is 4.98 Å². The smallest absolute Gasteiger partial charge is 0.176 e. The molecule has 77 heavy (non-hydrogen) atoms. The molecule has 0 atom stereocenters. The number of pyridine rings is 1. The van der Waals surface area contributed by atoms with Gasteiger partial charge in [-0.05, 0) is 128 Å². The summed E-state index contributed by atoms with van der Waals surface area (Å²) in [6.07, 6.45) is 0.897. The van der Waals surface area contributed by atoms with Crippen molar-refractivity contribution in [3.8, 4) is 51.8 Å². The summed E-state index contributed by atoms with van der Waals surface area (Å²) in [5.74, 6) is -0.117. The molecular formula is C69H54N6O2. The second-order valence-corrected chi connectivity index (χ2v) is 18.1. The van der Waals surface area contributed by atoms with Crippen LogP contribution >= 0.6 is 0 Å². The van der Waals surface area contributed by atoms with E-state index in [0.717, 1.165) is 84.9 Å². The van der Waals surface area contributed by atoms with Crippen molar-refractivity contribution in [1.29, 1.82) is 15.8 Å². The monoisotopic (exact) mass is 998 g/mol. The van der Waals surface area contributed by atoms with Crippen molar-refractivity contribution in [2.24, 2.45) is 0 Å². The highest BCUT2D eigenvalue weighted by molar-refractivity contribution is 5.97. The summed E-state index contributed by atoms with van der Waals surface area (Å²) in [6.45, 7) is 8.06. The minimum absolute atomic E-state index is 0.0377. The molecule has 0 fully saturated rings. The van der Waals surface area contributed by atoms with Crippen LogP contribution in [0.15, 0.2) is 237 Å². The quantitative estimate of drug-likeness (QED) is 0.0875. The van der Waals surface area contributed by atoms with E-state index in [0.29, 0.717) is 33.6 Å². The standard InChI is InChI=1S/C39H28N4.C21H19NO.C9H7NO/c1-27-23-33(43(31-19-11-5-12-20-31)32-21-13-6-14-22-32)24-28(2)36(27)37-34(25-40)38(29-15-7-3-8-16-29)42-39(35(37)26-41)30-17-9-4-10-18-30;1-16-13-20(14-17(2)21(16)15-23)22(18-9-5-3-6-10-18)19-11-7-4-8-12-19;10-7-6-9(11)8-4-2-1-3-5-8/h3-24H,1-2H3;3-15H,1-2H3;1-5H,6H2. The van der Waals surface area contributed by atoms with Crippen LogP contribution in [0.4, 0.5) is 34.1 Å². The number of Topliss-reactive ketones (excluding diaryl/α,β-unsaturated/α-hetero) is 1. The molecule has 0 aliphatic carbocycles. The normalized spacial score (nSPS) is 10.2. The molecule has 8 heteroatoms. The Hall–Kier alpha value is -10.5. The third kappa shape index (κ3) is 12.3. The lowest BCUT2D eigenvalue weighted by atomic mass is 9.85. The molecule has 0 unspecified atom stereocenters. The van der Waals surface area contributed by atoms with Crippen LogP contribution in [-0.4, -0.2) is 17.1 Å². The maximum Gasteiger partial charge on any atom is 0.176 e. The molecule has 8 nitrogen and oxygen atoms in total. The number of para-hydroxylation sites is 4. The van der Waals surface area contributed by atoms with Crippen LogP contribution in [0.2, 0.25) is 0 Å². The van der Waals surface area contributed by atoms with E-state index in [9.17, 15) is 20.1 Å². The number of aryl methyl sites for hydroxylation is 4. The fourth-order valence-electron chi connectivity index (χ4n) is 9.39. The van der Waals surface area contributed by atoms with Crippen LogP contribution in [0.25, 0.3) is 33.6 Å². The number of aldehydes is 1. The zero-order valence-corrected chi connectivity index (χ0v) is 43.3. The summed E-state index contributed by atoms with van der Waals surface area (Å²) in [5, 5.41) is 29.5. The molecule has 0 bridgehead atoms. The molecular weight excluding hydrogens is 945 g/mol. The van der Waals surface area contributed by atoms with Gasteiger partial charge in [0.25, 0.3) is 0 Å². The molecule has 0 saturated heterocycles. The van der Waals surface area contributed by atoms with Crippen LogP contribution < -0.4 is 9.80 Å². The lowest BCUT2D eigenvalue weighted by molar-refractivity contribution is 0.0997. The van der Waals surface area contributed by atoms with Gasteiger partial charge in [-0.2, -0.15) is 15.8 Å². The van der Waals surface area contributed by atoms with Crippen molar-refractivity contribution in [2.45, 2.75) is 34.1 Å². The number of carbonyl (C=O) groups excluding carboxylic acids is 2. The lowest BCUT2D eigenvalue weighted by Gasteiger charge is -2.27. The van der Waals surface area contributed by atoms with E-state index in [1.54, 1.807) is 24.3 Å². The predicted molar refractivity (Wildman–Crippen MR) is 311 cm³/mol. The Morgan fingerprint density at radius 2 is 0.740 bits per heavy atom. The second-order valence-electron chi connectivity index (χ2n) is 18.1. The molecule has 0 aliphatic heterocycles. The van der Waals surface area contributed by atoms with Gasteiger partial charge in [-0.1, -0.05) is 164 Å². The summed E-state index contributed by atoms with van der Waals surface area (Å²) in [5.41, 5.74) is 16.7. The van der Waals surface area contributed by atoms with E-state index in [1.165, 1.54) is 0 Å². The van der Waals surface area contributed by atoms with Gasteiger partial charge in [0, 0.05) is 61.9 Å². The Labute approximate surface area is 451 Å².